The van der Waals surface area contributed by atoms with Gasteiger partial charge >= 0.3 is 11.9 Å². The van der Waals surface area contributed by atoms with Gasteiger partial charge in [0.1, 0.15) is 0 Å². The quantitative estimate of drug-likeness (QED) is 0.438. The molecule has 0 fully saturated rings. The number of hydrogen-bond acceptors (Lipinski definition) is 2. The molecule has 0 aromatic heterocycles. The minimum absolute atomic E-state index is 0.265. The molecule has 4 nitrogen and oxygen atoms in total. The van der Waals surface area contributed by atoms with Gasteiger partial charge < -0.3 is 10.2 Å². The second-order valence-corrected chi connectivity index (χ2v) is 8.94. The summed E-state index contributed by atoms with van der Waals surface area (Å²) in [6.07, 6.45) is 5.19. The van der Waals surface area contributed by atoms with E-state index >= 15 is 0 Å². The Labute approximate surface area is 170 Å². The predicted octanol–water partition coefficient (Wildman–Crippen LogP) is 6.31. The van der Waals surface area contributed by atoms with E-state index in [1.807, 2.05) is 0 Å². The standard InChI is InChI=1S/C24H38O4/c1-7-17(11-15(3)4)13-21-19(23(25)26)9-10-20(24(27)28)22(21)14-18(8-2)12-16(5)6/h9-10,15-18H,7-8,11-14H2,1-6H3,(H,25,26)(H,27,28). The molecule has 0 spiro atoms. The first kappa shape index (κ1) is 24.2. The Morgan fingerprint density at radius 1 is 0.750 bits per heavy atom. The van der Waals surface area contributed by atoms with Crippen LogP contribution in [0.3, 0.4) is 0 Å². The molecule has 0 bridgehead atoms. The zero-order valence-electron chi connectivity index (χ0n) is 18.4. The molecule has 0 aliphatic rings. The summed E-state index contributed by atoms with van der Waals surface area (Å²) in [6, 6.07) is 2.96. The van der Waals surface area contributed by atoms with Gasteiger partial charge in [0.15, 0.2) is 0 Å². The van der Waals surface area contributed by atoms with Crippen molar-refractivity contribution in [3.63, 3.8) is 0 Å². The van der Waals surface area contributed by atoms with Gasteiger partial charge in [0.2, 0.25) is 0 Å². The van der Waals surface area contributed by atoms with Gasteiger partial charge in [-0.3, -0.25) is 0 Å². The van der Waals surface area contributed by atoms with Gasteiger partial charge in [-0.2, -0.15) is 0 Å². The number of carboxylic acids is 2. The Bertz CT molecular complexity index is 604. The highest BCUT2D eigenvalue weighted by atomic mass is 16.4. The molecule has 1 aromatic carbocycles. The monoisotopic (exact) mass is 390 g/mol. The van der Waals surface area contributed by atoms with Crippen LogP contribution in [0.5, 0.6) is 0 Å². The highest BCUT2D eigenvalue weighted by molar-refractivity contribution is 5.95. The molecule has 0 amide bonds. The number of carbonyl (C=O) groups is 2. The Morgan fingerprint density at radius 3 is 1.29 bits per heavy atom. The summed E-state index contributed by atoms with van der Waals surface area (Å²) in [5.74, 6) is -0.187. The molecule has 0 heterocycles. The van der Waals surface area contributed by atoms with Crippen LogP contribution in [0.25, 0.3) is 0 Å². The number of hydrogen-bond donors (Lipinski definition) is 2. The third kappa shape index (κ3) is 6.96. The van der Waals surface area contributed by atoms with E-state index in [1.54, 1.807) is 0 Å². The maximum atomic E-state index is 11.9. The van der Waals surface area contributed by atoms with E-state index in [2.05, 4.69) is 41.5 Å². The molecule has 1 aromatic rings. The van der Waals surface area contributed by atoms with Gasteiger partial charge in [-0.1, -0.05) is 54.4 Å². The fourth-order valence-corrected chi connectivity index (χ4v) is 4.26. The molecular formula is C24H38O4. The molecule has 28 heavy (non-hydrogen) atoms. The molecule has 0 aliphatic heterocycles. The Hall–Kier alpha value is -1.84. The number of benzene rings is 1. The summed E-state index contributed by atoms with van der Waals surface area (Å²) in [5.41, 5.74) is 2.01. The molecule has 2 N–H and O–H groups in total. The summed E-state index contributed by atoms with van der Waals surface area (Å²) in [4.78, 5) is 23.9. The molecule has 0 saturated carbocycles. The predicted molar refractivity (Wildman–Crippen MR) is 114 cm³/mol. The first-order chi connectivity index (χ1) is 13.1. The van der Waals surface area contributed by atoms with E-state index in [9.17, 15) is 19.8 Å². The average molecular weight is 391 g/mol. The minimum Gasteiger partial charge on any atom is -0.478 e. The Kier molecular flexibility index (Phi) is 9.71. The van der Waals surface area contributed by atoms with Crippen LogP contribution in [0.15, 0.2) is 12.1 Å². The second-order valence-electron chi connectivity index (χ2n) is 8.94. The zero-order valence-corrected chi connectivity index (χ0v) is 18.4. The normalized spacial score (nSPS) is 13.7. The molecule has 158 valence electrons. The maximum Gasteiger partial charge on any atom is 0.335 e. The highest BCUT2D eigenvalue weighted by Gasteiger charge is 2.25. The molecule has 0 radical (unpaired) electrons. The lowest BCUT2D eigenvalue weighted by molar-refractivity contribution is 0.0678. The molecular weight excluding hydrogens is 352 g/mol. The Morgan fingerprint density at radius 2 is 1.07 bits per heavy atom. The summed E-state index contributed by atoms with van der Waals surface area (Å²) in [5, 5.41) is 19.6. The van der Waals surface area contributed by atoms with Crippen molar-refractivity contribution in [3.05, 3.63) is 34.4 Å². The lowest BCUT2D eigenvalue weighted by atomic mass is 9.80. The van der Waals surface area contributed by atoms with Crippen molar-refractivity contribution >= 4 is 11.9 Å². The SMILES string of the molecule is CCC(Cc1c(C(=O)O)ccc(C(=O)O)c1CC(CC)CC(C)C)CC(C)C. The van der Waals surface area contributed by atoms with Crippen LogP contribution in [-0.4, -0.2) is 22.2 Å². The van der Waals surface area contributed by atoms with Gasteiger partial charge in [-0.15, -0.1) is 0 Å². The van der Waals surface area contributed by atoms with Gasteiger partial charge in [0.05, 0.1) is 11.1 Å². The van der Waals surface area contributed by atoms with Gasteiger partial charge in [0, 0.05) is 0 Å². The van der Waals surface area contributed by atoms with Crippen LogP contribution in [0, 0.1) is 23.7 Å². The number of carboxylic acid groups (broad SMARTS) is 2. The van der Waals surface area contributed by atoms with Crippen molar-refractivity contribution in [2.45, 2.75) is 80.1 Å². The number of aromatic carboxylic acids is 2. The van der Waals surface area contributed by atoms with Gasteiger partial charge in [0.25, 0.3) is 0 Å². The lowest BCUT2D eigenvalue weighted by Crippen LogP contribution is -2.19. The van der Waals surface area contributed by atoms with Crippen molar-refractivity contribution in [2.75, 3.05) is 0 Å². The topological polar surface area (TPSA) is 74.6 Å². The fourth-order valence-electron chi connectivity index (χ4n) is 4.26. The van der Waals surface area contributed by atoms with Crippen molar-refractivity contribution < 1.29 is 19.8 Å². The van der Waals surface area contributed by atoms with Crippen LogP contribution in [0.4, 0.5) is 0 Å². The van der Waals surface area contributed by atoms with Crippen molar-refractivity contribution in [1.82, 2.24) is 0 Å². The molecule has 4 heteroatoms. The van der Waals surface area contributed by atoms with Crippen LogP contribution >= 0.6 is 0 Å². The van der Waals surface area contributed by atoms with Crippen LogP contribution < -0.4 is 0 Å². The van der Waals surface area contributed by atoms with Crippen molar-refractivity contribution in [1.29, 1.82) is 0 Å². The van der Waals surface area contributed by atoms with Crippen molar-refractivity contribution in [3.8, 4) is 0 Å². The third-order valence-electron chi connectivity index (χ3n) is 5.64. The van der Waals surface area contributed by atoms with Crippen LogP contribution in [0.1, 0.15) is 99.1 Å². The molecule has 0 aliphatic carbocycles. The highest BCUT2D eigenvalue weighted by Crippen LogP contribution is 2.31. The Balaban J connectivity index is 3.50. The van der Waals surface area contributed by atoms with Crippen LogP contribution in [0.2, 0.25) is 0 Å². The molecule has 2 atom stereocenters. The largest absolute Gasteiger partial charge is 0.478 e. The minimum atomic E-state index is -0.968. The van der Waals surface area contributed by atoms with Crippen molar-refractivity contribution in [2.24, 2.45) is 23.7 Å². The number of rotatable bonds is 12. The van der Waals surface area contributed by atoms with E-state index in [1.165, 1.54) is 12.1 Å². The van der Waals surface area contributed by atoms with E-state index in [0.717, 1.165) is 36.8 Å². The fraction of sp³-hybridized carbons (Fsp3) is 0.667. The first-order valence-corrected chi connectivity index (χ1v) is 10.7. The maximum absolute atomic E-state index is 11.9. The van der Waals surface area contributed by atoms with E-state index < -0.39 is 11.9 Å². The second kappa shape index (κ2) is 11.2. The average Bonchev–Trinajstić information content (AvgIpc) is 2.59. The smallest absolute Gasteiger partial charge is 0.335 e. The molecule has 2 unspecified atom stereocenters. The summed E-state index contributed by atoms with van der Waals surface area (Å²) >= 11 is 0. The third-order valence-corrected chi connectivity index (χ3v) is 5.64. The van der Waals surface area contributed by atoms with Gasteiger partial charge in [-0.05, 0) is 72.6 Å². The van der Waals surface area contributed by atoms with E-state index in [-0.39, 0.29) is 11.1 Å². The molecule has 0 saturated heterocycles. The lowest BCUT2D eigenvalue weighted by Gasteiger charge is -2.25. The zero-order chi connectivity index (χ0) is 21.4. The van der Waals surface area contributed by atoms with Crippen LogP contribution in [-0.2, 0) is 12.8 Å². The first-order valence-electron chi connectivity index (χ1n) is 10.7. The van der Waals surface area contributed by atoms with E-state index in [0.29, 0.717) is 36.5 Å². The van der Waals surface area contributed by atoms with E-state index in [4.69, 9.17) is 0 Å². The van der Waals surface area contributed by atoms with Gasteiger partial charge in [-0.25, -0.2) is 9.59 Å². The summed E-state index contributed by atoms with van der Waals surface area (Å²) in [6.45, 7) is 12.9. The summed E-state index contributed by atoms with van der Waals surface area (Å²) < 4.78 is 0. The summed E-state index contributed by atoms with van der Waals surface area (Å²) in [7, 11) is 0. The molecule has 1 rings (SSSR count).